The number of halogens is 3. The summed E-state index contributed by atoms with van der Waals surface area (Å²) in [7, 11) is 0. The summed E-state index contributed by atoms with van der Waals surface area (Å²) in [5.41, 5.74) is 9.65. The molecule has 4 aromatic rings. The number of anilines is 1. The van der Waals surface area contributed by atoms with Crippen LogP contribution in [0.4, 0.5) is 19.0 Å². The zero-order valence-electron chi connectivity index (χ0n) is 18.8. The minimum Gasteiger partial charge on any atom is -0.382 e. The molecule has 4 aliphatic carbocycles. The van der Waals surface area contributed by atoms with Crippen molar-refractivity contribution in [3.8, 4) is 0 Å². The third kappa shape index (κ3) is 2.88. The number of carbonyl (C=O) groups is 1. The molecule has 2 aromatic carbocycles. The zero-order chi connectivity index (χ0) is 24.1. The number of rotatable bonds is 3. The molecule has 3 fully saturated rings. The molecule has 2 bridgehead atoms. The van der Waals surface area contributed by atoms with Gasteiger partial charge in [0.15, 0.2) is 0 Å². The molecule has 3 saturated carbocycles. The number of fused-ring (bicyclic) bond motifs is 4. The van der Waals surface area contributed by atoms with Gasteiger partial charge in [0, 0.05) is 17.3 Å². The molecular formula is C27H23F3N4O. The van der Waals surface area contributed by atoms with E-state index in [0.29, 0.717) is 41.2 Å². The Balaban J connectivity index is 1.31. The second kappa shape index (κ2) is 6.77. The molecule has 4 aliphatic rings. The van der Waals surface area contributed by atoms with Crippen molar-refractivity contribution in [3.05, 3.63) is 77.0 Å². The maximum atomic E-state index is 14.1. The van der Waals surface area contributed by atoms with Gasteiger partial charge in [0.05, 0.1) is 28.2 Å². The largest absolute Gasteiger partial charge is 0.416 e. The highest BCUT2D eigenvalue weighted by molar-refractivity contribution is 5.99. The Hall–Kier alpha value is -3.55. The molecule has 1 atom stereocenters. The Labute approximate surface area is 199 Å². The summed E-state index contributed by atoms with van der Waals surface area (Å²) in [6.45, 7) is 0. The third-order valence-corrected chi connectivity index (χ3v) is 8.30. The molecule has 0 saturated heterocycles. The second-order valence-electron chi connectivity index (χ2n) is 10.3. The first-order valence-electron chi connectivity index (χ1n) is 11.9. The molecular weight excluding hydrogens is 453 g/mol. The molecule has 8 heteroatoms. The van der Waals surface area contributed by atoms with Crippen molar-refractivity contribution in [1.82, 2.24) is 14.3 Å². The van der Waals surface area contributed by atoms with E-state index in [0.717, 1.165) is 41.9 Å². The van der Waals surface area contributed by atoms with Crippen molar-refractivity contribution in [3.63, 3.8) is 0 Å². The molecule has 2 aromatic heterocycles. The first kappa shape index (κ1) is 20.8. The molecule has 1 amide bonds. The van der Waals surface area contributed by atoms with Gasteiger partial charge in [0.2, 0.25) is 0 Å². The van der Waals surface area contributed by atoms with Gasteiger partial charge in [-0.25, -0.2) is 4.98 Å². The Morgan fingerprint density at radius 1 is 1.09 bits per heavy atom. The Morgan fingerprint density at radius 3 is 2.60 bits per heavy atom. The van der Waals surface area contributed by atoms with Crippen LogP contribution in [-0.2, 0) is 12.6 Å². The average Bonchev–Trinajstić information content (AvgIpc) is 3.41. The number of hydrogen-bond donors (Lipinski definition) is 1. The van der Waals surface area contributed by atoms with Crippen LogP contribution in [0.25, 0.3) is 16.6 Å². The van der Waals surface area contributed by atoms with E-state index >= 15 is 0 Å². The lowest BCUT2D eigenvalue weighted by Crippen LogP contribution is -2.69. The molecule has 0 spiro atoms. The summed E-state index contributed by atoms with van der Waals surface area (Å²) < 4.78 is 41.8. The van der Waals surface area contributed by atoms with Gasteiger partial charge in [-0.05, 0) is 91.6 Å². The van der Waals surface area contributed by atoms with Gasteiger partial charge in [-0.3, -0.25) is 4.79 Å². The number of benzene rings is 2. The van der Waals surface area contributed by atoms with Crippen LogP contribution in [-0.4, -0.2) is 25.7 Å². The highest BCUT2D eigenvalue weighted by atomic mass is 19.4. The molecule has 178 valence electrons. The quantitative estimate of drug-likeness (QED) is 0.408. The zero-order valence-corrected chi connectivity index (χ0v) is 18.8. The predicted molar refractivity (Wildman–Crippen MR) is 126 cm³/mol. The highest BCUT2D eigenvalue weighted by Gasteiger charge is 2.63. The van der Waals surface area contributed by atoms with Crippen LogP contribution in [0.3, 0.4) is 0 Å². The number of aromatic nitrogens is 2. The molecule has 2 heterocycles. The molecule has 35 heavy (non-hydrogen) atoms. The number of carbonyl (C=O) groups excluding carboxylic acids is 1. The number of aryl methyl sites for hydroxylation is 1. The summed E-state index contributed by atoms with van der Waals surface area (Å²) in [5, 5.41) is 0. The lowest BCUT2D eigenvalue weighted by Gasteiger charge is -2.67. The van der Waals surface area contributed by atoms with E-state index in [1.807, 2.05) is 39.8 Å². The summed E-state index contributed by atoms with van der Waals surface area (Å²) in [6.07, 6.45) is 1.62. The number of nitrogens with two attached hydrogens (primary N) is 1. The smallest absolute Gasteiger partial charge is 0.382 e. The van der Waals surface area contributed by atoms with Gasteiger partial charge in [-0.15, -0.1) is 0 Å². The van der Waals surface area contributed by atoms with Gasteiger partial charge in [0.1, 0.15) is 5.82 Å². The van der Waals surface area contributed by atoms with E-state index in [-0.39, 0.29) is 17.5 Å². The van der Waals surface area contributed by atoms with E-state index in [1.54, 1.807) is 12.1 Å². The fraction of sp³-hybridized carbons (Fsp3) is 0.333. The number of alkyl halides is 3. The molecule has 2 N–H and O–H groups in total. The van der Waals surface area contributed by atoms with Crippen LogP contribution in [0.5, 0.6) is 0 Å². The highest BCUT2D eigenvalue weighted by Crippen LogP contribution is 2.63. The first-order valence-corrected chi connectivity index (χ1v) is 11.9. The van der Waals surface area contributed by atoms with E-state index in [4.69, 9.17) is 5.73 Å². The van der Waals surface area contributed by atoms with E-state index in [9.17, 15) is 18.0 Å². The standard InChI is InChI=1S/C27H23F3N4O/c28-27(29,30)18-5-6-19-16(10-18)4-8-21(19)34(26-12-15(13-26)14-26)25(35)17-3-7-20-23(11-17)33-9-1-2-22(33)24(31)32-20/h1-3,5-7,9-11,15,21H,4,8,12-14H2,(H2,31,32). The number of hydrogen-bond acceptors (Lipinski definition) is 3. The summed E-state index contributed by atoms with van der Waals surface area (Å²) in [5.74, 6) is 1.01. The second-order valence-corrected chi connectivity index (χ2v) is 10.3. The Kier molecular flexibility index (Phi) is 4.02. The summed E-state index contributed by atoms with van der Waals surface area (Å²) in [4.78, 5) is 20.6. The van der Waals surface area contributed by atoms with Gasteiger partial charge >= 0.3 is 6.18 Å². The Bertz CT molecular complexity index is 1520. The van der Waals surface area contributed by atoms with E-state index < -0.39 is 11.7 Å². The summed E-state index contributed by atoms with van der Waals surface area (Å²) in [6, 6.07) is 13.0. The van der Waals surface area contributed by atoms with Gasteiger partial charge in [0.25, 0.3) is 5.91 Å². The van der Waals surface area contributed by atoms with Gasteiger partial charge < -0.3 is 15.0 Å². The predicted octanol–water partition coefficient (Wildman–Crippen LogP) is 5.77. The number of nitrogen functional groups attached to an aromatic ring is 1. The maximum absolute atomic E-state index is 14.1. The molecule has 0 radical (unpaired) electrons. The van der Waals surface area contributed by atoms with Crippen LogP contribution in [0, 0.1) is 5.92 Å². The number of nitrogens with zero attached hydrogens (tertiary/aromatic N) is 3. The fourth-order valence-corrected chi connectivity index (χ4v) is 6.52. The van der Waals surface area contributed by atoms with Gasteiger partial charge in [-0.2, -0.15) is 13.2 Å². The van der Waals surface area contributed by atoms with Gasteiger partial charge in [-0.1, -0.05) is 6.07 Å². The Morgan fingerprint density at radius 2 is 1.89 bits per heavy atom. The van der Waals surface area contributed by atoms with Crippen LogP contribution >= 0.6 is 0 Å². The lowest BCUT2D eigenvalue weighted by molar-refractivity contribution is -0.139. The van der Waals surface area contributed by atoms with Crippen molar-refractivity contribution in [2.24, 2.45) is 5.92 Å². The van der Waals surface area contributed by atoms with Crippen molar-refractivity contribution >= 4 is 28.3 Å². The molecule has 1 unspecified atom stereocenters. The molecule has 8 rings (SSSR count). The monoisotopic (exact) mass is 476 g/mol. The normalized spacial score (nSPS) is 24.8. The van der Waals surface area contributed by atoms with E-state index in [2.05, 4.69) is 4.98 Å². The van der Waals surface area contributed by atoms with Crippen molar-refractivity contribution in [1.29, 1.82) is 0 Å². The lowest BCUT2D eigenvalue weighted by atomic mass is 9.48. The molecule has 0 aliphatic heterocycles. The first-order chi connectivity index (χ1) is 16.7. The summed E-state index contributed by atoms with van der Waals surface area (Å²) >= 11 is 0. The van der Waals surface area contributed by atoms with Crippen LogP contribution in [0.15, 0.2) is 54.7 Å². The SMILES string of the molecule is Nc1nc2ccc(C(=O)N(C3CCc4cc(C(F)(F)F)ccc43)C34CC(C3)C4)cc2n2cccc12. The number of amides is 1. The molecule has 5 nitrogen and oxygen atoms in total. The van der Waals surface area contributed by atoms with Crippen LogP contribution in [0.2, 0.25) is 0 Å². The van der Waals surface area contributed by atoms with Crippen LogP contribution in [0.1, 0.15) is 58.8 Å². The third-order valence-electron chi connectivity index (χ3n) is 8.30. The fourth-order valence-electron chi connectivity index (χ4n) is 6.52. The van der Waals surface area contributed by atoms with Crippen molar-refractivity contribution in [2.75, 3.05) is 5.73 Å². The van der Waals surface area contributed by atoms with E-state index in [1.165, 1.54) is 6.07 Å². The topological polar surface area (TPSA) is 63.6 Å². The minimum absolute atomic E-state index is 0.0695. The maximum Gasteiger partial charge on any atom is 0.416 e. The van der Waals surface area contributed by atoms with Crippen molar-refractivity contribution in [2.45, 2.75) is 49.9 Å². The average molecular weight is 477 g/mol. The van der Waals surface area contributed by atoms with Crippen molar-refractivity contribution < 1.29 is 18.0 Å². The van der Waals surface area contributed by atoms with Crippen LogP contribution < -0.4 is 5.73 Å². The minimum atomic E-state index is -4.37.